The minimum Gasteiger partial charge on any atom is -0.396 e. The van der Waals surface area contributed by atoms with Crippen molar-refractivity contribution in [1.82, 2.24) is 0 Å². The Balaban J connectivity index is 3.52. The molecule has 6 heteroatoms. The highest BCUT2D eigenvalue weighted by Gasteiger charge is 2.16. The van der Waals surface area contributed by atoms with E-state index < -0.39 is 15.5 Å². The predicted molar refractivity (Wildman–Crippen MR) is 45.1 cm³/mol. The number of nitrogens with two attached hydrogens (primary N) is 1. The van der Waals surface area contributed by atoms with E-state index in [-0.39, 0.29) is 13.0 Å². The maximum atomic E-state index is 10.4. The summed E-state index contributed by atoms with van der Waals surface area (Å²) in [5, 5.41) is 7.21. The van der Waals surface area contributed by atoms with Gasteiger partial charge in [0.15, 0.2) is 0 Å². The average molecular weight is 197 g/mol. The van der Waals surface area contributed by atoms with Crippen LogP contribution in [-0.4, -0.2) is 30.1 Å². The molecule has 0 saturated carbocycles. The van der Waals surface area contributed by atoms with E-state index in [1.54, 1.807) is 0 Å². The smallest absolute Gasteiger partial charge is 0.280 e. The van der Waals surface area contributed by atoms with E-state index in [2.05, 4.69) is 0 Å². The molecule has 5 nitrogen and oxygen atoms in total. The normalized spacial score (nSPS) is 14.6. The van der Waals surface area contributed by atoms with Gasteiger partial charge in [-0.15, -0.1) is 0 Å². The molecule has 0 aliphatic heterocycles. The second-order valence-electron chi connectivity index (χ2n) is 2.63. The first-order valence-electron chi connectivity index (χ1n) is 3.81. The highest BCUT2D eigenvalue weighted by Crippen LogP contribution is 2.05. The Bertz CT molecular complexity index is 202. The van der Waals surface area contributed by atoms with E-state index in [4.69, 9.17) is 15.4 Å². The topological polar surface area (TPSA) is 101 Å². The van der Waals surface area contributed by atoms with Gasteiger partial charge in [0.25, 0.3) is 10.1 Å². The third-order valence-corrected chi connectivity index (χ3v) is 2.53. The average Bonchev–Trinajstić information content (AvgIpc) is 1.96. The molecule has 0 aliphatic carbocycles. The van der Waals surface area contributed by atoms with Crippen LogP contribution in [0.3, 0.4) is 0 Å². The highest BCUT2D eigenvalue weighted by molar-refractivity contribution is 7.86. The molecule has 0 radical (unpaired) electrons. The van der Waals surface area contributed by atoms with Gasteiger partial charge in [-0.1, -0.05) is 12.8 Å². The summed E-state index contributed by atoms with van der Waals surface area (Å²) >= 11 is 0. The predicted octanol–water partition coefficient (Wildman–Crippen LogP) is -0.288. The zero-order valence-corrected chi connectivity index (χ0v) is 7.63. The summed E-state index contributed by atoms with van der Waals surface area (Å²) in [7, 11) is -4.07. The molecule has 0 aromatic heterocycles. The molecule has 74 valence electrons. The number of unbranched alkanes of at least 4 members (excludes halogenated alkanes) is 2. The van der Waals surface area contributed by atoms with Crippen molar-refractivity contribution in [3.05, 3.63) is 0 Å². The molecule has 4 N–H and O–H groups in total. The number of hydrogen-bond acceptors (Lipinski definition) is 4. The van der Waals surface area contributed by atoms with Crippen molar-refractivity contribution >= 4 is 10.1 Å². The molecule has 0 fully saturated rings. The van der Waals surface area contributed by atoms with Crippen molar-refractivity contribution in [3.63, 3.8) is 0 Å². The largest absolute Gasteiger partial charge is 0.396 e. The van der Waals surface area contributed by atoms with Crippen LogP contribution in [0.5, 0.6) is 0 Å². The first-order valence-corrected chi connectivity index (χ1v) is 5.31. The van der Waals surface area contributed by atoms with Crippen molar-refractivity contribution < 1.29 is 18.1 Å². The van der Waals surface area contributed by atoms with Crippen LogP contribution in [0.2, 0.25) is 0 Å². The van der Waals surface area contributed by atoms with Crippen molar-refractivity contribution in [3.8, 4) is 0 Å². The molecule has 12 heavy (non-hydrogen) atoms. The third-order valence-electron chi connectivity index (χ3n) is 1.53. The lowest BCUT2D eigenvalue weighted by molar-refractivity contribution is 0.282. The standard InChI is InChI=1S/C6H15NO4S/c7-6(12(9,10)11)4-2-1-3-5-8/h6,8H,1-5,7H2,(H,9,10,11). The maximum absolute atomic E-state index is 10.4. The van der Waals surface area contributed by atoms with Crippen molar-refractivity contribution in [2.45, 2.75) is 31.1 Å². The number of hydrogen-bond donors (Lipinski definition) is 3. The second kappa shape index (κ2) is 5.47. The lowest BCUT2D eigenvalue weighted by Gasteiger charge is -2.06. The first kappa shape index (κ1) is 11.8. The van der Waals surface area contributed by atoms with Crippen LogP contribution in [0.1, 0.15) is 25.7 Å². The second-order valence-corrected chi connectivity index (χ2v) is 4.26. The highest BCUT2D eigenvalue weighted by atomic mass is 32.2. The molecular weight excluding hydrogens is 182 g/mol. The number of rotatable bonds is 6. The summed E-state index contributed by atoms with van der Waals surface area (Å²) in [6.07, 6.45) is 2.19. The zero-order valence-electron chi connectivity index (χ0n) is 6.81. The lowest BCUT2D eigenvalue weighted by Crippen LogP contribution is -2.29. The summed E-state index contributed by atoms with van der Waals surface area (Å²) in [5.74, 6) is 0. The van der Waals surface area contributed by atoms with Crippen LogP contribution in [0.4, 0.5) is 0 Å². The molecule has 0 aliphatic rings. The summed E-state index contributed by atoms with van der Waals surface area (Å²) in [4.78, 5) is 0. The number of aliphatic hydroxyl groups excluding tert-OH is 1. The van der Waals surface area contributed by atoms with Gasteiger partial charge in [-0.3, -0.25) is 4.55 Å². The van der Waals surface area contributed by atoms with E-state index in [0.29, 0.717) is 12.8 Å². The Morgan fingerprint density at radius 2 is 1.83 bits per heavy atom. The fourth-order valence-corrected chi connectivity index (χ4v) is 1.25. The quantitative estimate of drug-likeness (QED) is 0.401. The zero-order chi connectivity index (χ0) is 9.61. The Labute approximate surface area is 72.3 Å². The SMILES string of the molecule is NC(CCCCCO)S(=O)(=O)O. The molecule has 0 rings (SSSR count). The van der Waals surface area contributed by atoms with Crippen LogP contribution in [0.25, 0.3) is 0 Å². The van der Waals surface area contributed by atoms with Crippen LogP contribution < -0.4 is 5.73 Å². The van der Waals surface area contributed by atoms with E-state index >= 15 is 0 Å². The van der Waals surface area contributed by atoms with Gasteiger partial charge >= 0.3 is 0 Å². The molecule has 1 unspecified atom stereocenters. The van der Waals surface area contributed by atoms with Gasteiger partial charge in [0, 0.05) is 6.61 Å². The molecule has 0 saturated heterocycles. The minimum absolute atomic E-state index is 0.0983. The molecule has 1 atom stereocenters. The lowest BCUT2D eigenvalue weighted by atomic mass is 10.2. The minimum atomic E-state index is -4.07. The fraction of sp³-hybridized carbons (Fsp3) is 1.00. The van der Waals surface area contributed by atoms with Crippen molar-refractivity contribution in [2.24, 2.45) is 5.73 Å². The van der Waals surface area contributed by atoms with Gasteiger partial charge in [-0.2, -0.15) is 8.42 Å². The van der Waals surface area contributed by atoms with Crippen LogP contribution in [0, 0.1) is 0 Å². The third kappa shape index (κ3) is 5.48. The number of aliphatic hydroxyl groups is 1. The Morgan fingerprint density at radius 1 is 1.25 bits per heavy atom. The Morgan fingerprint density at radius 3 is 2.25 bits per heavy atom. The van der Waals surface area contributed by atoms with E-state index in [0.717, 1.165) is 6.42 Å². The van der Waals surface area contributed by atoms with Gasteiger partial charge in [0.2, 0.25) is 0 Å². The van der Waals surface area contributed by atoms with Gasteiger partial charge in [0.05, 0.1) is 0 Å². The Hall–Kier alpha value is -0.170. The van der Waals surface area contributed by atoms with Crippen LogP contribution in [-0.2, 0) is 10.1 Å². The van der Waals surface area contributed by atoms with Crippen molar-refractivity contribution in [2.75, 3.05) is 6.61 Å². The Kier molecular flexibility index (Phi) is 5.39. The van der Waals surface area contributed by atoms with Gasteiger partial charge in [0.1, 0.15) is 5.37 Å². The monoisotopic (exact) mass is 197 g/mol. The van der Waals surface area contributed by atoms with E-state index in [1.165, 1.54) is 0 Å². The van der Waals surface area contributed by atoms with Gasteiger partial charge in [-0.05, 0) is 12.8 Å². The summed E-state index contributed by atoms with van der Waals surface area (Å²) < 4.78 is 29.2. The molecular formula is C6H15NO4S. The molecule has 0 aromatic rings. The van der Waals surface area contributed by atoms with Crippen LogP contribution in [0.15, 0.2) is 0 Å². The van der Waals surface area contributed by atoms with E-state index in [9.17, 15) is 8.42 Å². The van der Waals surface area contributed by atoms with Crippen molar-refractivity contribution in [1.29, 1.82) is 0 Å². The summed E-state index contributed by atoms with van der Waals surface area (Å²) in [5.41, 5.74) is 5.13. The molecule has 0 aromatic carbocycles. The maximum Gasteiger partial charge on any atom is 0.280 e. The van der Waals surface area contributed by atoms with Gasteiger partial charge in [-0.25, -0.2) is 0 Å². The molecule has 0 bridgehead atoms. The van der Waals surface area contributed by atoms with Gasteiger partial charge < -0.3 is 10.8 Å². The van der Waals surface area contributed by atoms with Crippen LogP contribution >= 0.6 is 0 Å². The fourth-order valence-electron chi connectivity index (χ4n) is 0.783. The summed E-state index contributed by atoms with van der Waals surface area (Å²) in [6, 6.07) is 0. The molecule has 0 heterocycles. The molecule has 0 amide bonds. The summed E-state index contributed by atoms with van der Waals surface area (Å²) in [6.45, 7) is 0.0983. The first-order chi connectivity index (χ1) is 5.48. The van der Waals surface area contributed by atoms with E-state index in [1.807, 2.05) is 0 Å². The molecule has 0 spiro atoms.